The summed E-state index contributed by atoms with van der Waals surface area (Å²) < 4.78 is 4.26. The zero-order valence-corrected chi connectivity index (χ0v) is 21.8. The number of nitrogens with one attached hydrogen (secondary N) is 2. The van der Waals surface area contributed by atoms with Gasteiger partial charge in [-0.2, -0.15) is 0 Å². The lowest BCUT2D eigenvalue weighted by Gasteiger charge is -2.12. The predicted octanol–water partition coefficient (Wildman–Crippen LogP) is 6.97. The van der Waals surface area contributed by atoms with Gasteiger partial charge in [-0.25, -0.2) is 0 Å². The van der Waals surface area contributed by atoms with Gasteiger partial charge in [-0.15, -0.1) is 22.7 Å². The molecule has 0 saturated heterocycles. The van der Waals surface area contributed by atoms with Crippen LogP contribution in [0.2, 0.25) is 0 Å². The number of thiazole rings is 2. The number of aromatic nitrogens is 2. The third-order valence-corrected chi connectivity index (χ3v) is 8.04. The lowest BCUT2D eigenvalue weighted by atomic mass is 10.1. The van der Waals surface area contributed by atoms with Gasteiger partial charge >= 0.3 is 0 Å². The van der Waals surface area contributed by atoms with Crippen molar-refractivity contribution in [1.29, 1.82) is 10.8 Å². The fraction of sp³-hybridized carbons (Fsp3) is 0.200. The lowest BCUT2D eigenvalue weighted by molar-refractivity contribution is 0.628. The Hall–Kier alpha value is -3.48. The number of rotatable bonds is 10. The van der Waals surface area contributed by atoms with E-state index < -0.39 is 0 Å². The van der Waals surface area contributed by atoms with Crippen LogP contribution in [0.3, 0.4) is 0 Å². The molecule has 36 heavy (non-hydrogen) atoms. The first kappa shape index (κ1) is 24.2. The second kappa shape index (κ2) is 11.5. The molecule has 5 rings (SSSR count). The van der Waals surface area contributed by atoms with Crippen LogP contribution in [0.4, 0.5) is 0 Å². The van der Waals surface area contributed by atoms with E-state index in [4.69, 9.17) is 10.8 Å². The smallest absolute Gasteiger partial charge is 0.182 e. The second-order valence-electron chi connectivity index (χ2n) is 8.91. The van der Waals surface area contributed by atoms with Gasteiger partial charge < -0.3 is 9.13 Å². The molecule has 0 spiro atoms. The maximum absolute atomic E-state index is 8.48. The molecule has 182 valence electrons. The van der Waals surface area contributed by atoms with Gasteiger partial charge in [0.2, 0.25) is 0 Å². The molecule has 0 saturated carbocycles. The van der Waals surface area contributed by atoms with Crippen molar-refractivity contribution in [3.63, 3.8) is 0 Å². The molecule has 0 radical (unpaired) electrons. The molecule has 0 atom stereocenters. The standard InChI is InChI=1S/C30H30N4S2/c31-29-33(18-8-14-23-10-3-1-4-11-23)27(21-35-29)25-16-7-17-26(20-25)28-22-36-30(32)34(28)19-9-15-24-12-5-2-6-13-24/h1-7,10-13,16-17,20-22,31-32H,8-9,14-15,18-19H2. The summed E-state index contributed by atoms with van der Waals surface area (Å²) in [6, 6.07) is 29.7. The van der Waals surface area contributed by atoms with Gasteiger partial charge in [0.05, 0.1) is 11.4 Å². The highest BCUT2D eigenvalue weighted by Crippen LogP contribution is 2.28. The normalized spacial score (nSPS) is 11.1. The van der Waals surface area contributed by atoms with Gasteiger partial charge in [0.1, 0.15) is 0 Å². The number of hydrogen-bond acceptors (Lipinski definition) is 4. The number of benzene rings is 3. The summed E-state index contributed by atoms with van der Waals surface area (Å²) in [5.74, 6) is 0. The van der Waals surface area contributed by atoms with Crippen molar-refractivity contribution >= 4 is 22.7 Å². The second-order valence-corrected chi connectivity index (χ2v) is 10.6. The van der Waals surface area contributed by atoms with Gasteiger partial charge in [-0.3, -0.25) is 10.8 Å². The Labute approximate surface area is 219 Å². The molecule has 0 aliphatic rings. The van der Waals surface area contributed by atoms with E-state index in [2.05, 4.69) is 92.7 Å². The Morgan fingerprint density at radius 1 is 0.556 bits per heavy atom. The third kappa shape index (κ3) is 5.66. The first-order valence-corrected chi connectivity index (χ1v) is 14.1. The van der Waals surface area contributed by atoms with Crippen molar-refractivity contribution in [3.05, 3.63) is 116 Å². The van der Waals surface area contributed by atoms with Crippen LogP contribution in [-0.4, -0.2) is 9.13 Å². The molecule has 3 aromatic carbocycles. The Bertz CT molecular complexity index is 1410. The highest BCUT2D eigenvalue weighted by atomic mass is 32.1. The van der Waals surface area contributed by atoms with Gasteiger partial charge in [-0.1, -0.05) is 78.9 Å². The molecule has 0 aliphatic carbocycles. The summed E-state index contributed by atoms with van der Waals surface area (Å²) in [6.07, 6.45) is 4.01. The fourth-order valence-electron chi connectivity index (χ4n) is 4.60. The van der Waals surface area contributed by atoms with E-state index >= 15 is 0 Å². The van der Waals surface area contributed by atoms with Crippen molar-refractivity contribution in [1.82, 2.24) is 9.13 Å². The molecule has 2 N–H and O–H groups in total. The van der Waals surface area contributed by atoms with Gasteiger partial charge in [-0.05, 0) is 54.0 Å². The minimum absolute atomic E-state index is 0.586. The van der Waals surface area contributed by atoms with Crippen molar-refractivity contribution in [3.8, 4) is 22.5 Å². The van der Waals surface area contributed by atoms with E-state index in [0.29, 0.717) is 9.60 Å². The Balaban J connectivity index is 1.34. The largest absolute Gasteiger partial charge is 0.317 e. The maximum Gasteiger partial charge on any atom is 0.182 e. The van der Waals surface area contributed by atoms with Crippen molar-refractivity contribution in [2.24, 2.45) is 0 Å². The molecule has 6 heteroatoms. The van der Waals surface area contributed by atoms with E-state index in [1.807, 2.05) is 12.1 Å². The van der Waals surface area contributed by atoms with E-state index in [1.54, 1.807) is 0 Å². The highest BCUT2D eigenvalue weighted by Gasteiger charge is 2.12. The monoisotopic (exact) mass is 510 g/mol. The molecule has 0 bridgehead atoms. The van der Waals surface area contributed by atoms with E-state index in [9.17, 15) is 0 Å². The fourth-order valence-corrected chi connectivity index (χ4v) is 6.20. The predicted molar refractivity (Wildman–Crippen MR) is 150 cm³/mol. The summed E-state index contributed by atoms with van der Waals surface area (Å²) >= 11 is 2.97. The van der Waals surface area contributed by atoms with Crippen LogP contribution < -0.4 is 9.60 Å². The quantitative estimate of drug-likeness (QED) is 0.204. The van der Waals surface area contributed by atoms with Crippen LogP contribution in [-0.2, 0) is 25.9 Å². The molecule has 0 aliphatic heterocycles. The van der Waals surface area contributed by atoms with Crippen LogP contribution >= 0.6 is 22.7 Å². The molecule has 0 unspecified atom stereocenters. The van der Waals surface area contributed by atoms with Crippen LogP contribution in [0.25, 0.3) is 22.5 Å². The summed E-state index contributed by atoms with van der Waals surface area (Å²) in [5, 5.41) is 21.2. The van der Waals surface area contributed by atoms with Gasteiger partial charge in [0.15, 0.2) is 9.60 Å². The zero-order valence-electron chi connectivity index (χ0n) is 20.2. The maximum atomic E-state index is 8.48. The molecule has 0 amide bonds. The molecular weight excluding hydrogens is 480 g/mol. The first-order valence-electron chi connectivity index (χ1n) is 12.3. The van der Waals surface area contributed by atoms with Gasteiger partial charge in [0, 0.05) is 23.8 Å². The molecule has 0 fully saturated rings. The van der Waals surface area contributed by atoms with E-state index in [-0.39, 0.29) is 0 Å². The summed E-state index contributed by atoms with van der Waals surface area (Å²) in [7, 11) is 0. The van der Waals surface area contributed by atoms with E-state index in [1.165, 1.54) is 33.8 Å². The molecular formula is C30H30N4S2. The first-order chi connectivity index (χ1) is 17.7. The van der Waals surface area contributed by atoms with Crippen LogP contribution in [0, 0.1) is 10.8 Å². The Kier molecular flexibility index (Phi) is 7.74. The van der Waals surface area contributed by atoms with Crippen LogP contribution in [0.15, 0.2) is 95.7 Å². The number of hydrogen-bond donors (Lipinski definition) is 2. The highest BCUT2D eigenvalue weighted by molar-refractivity contribution is 7.07. The van der Waals surface area contributed by atoms with Crippen LogP contribution in [0.1, 0.15) is 24.0 Å². The molecule has 4 nitrogen and oxygen atoms in total. The van der Waals surface area contributed by atoms with Crippen LogP contribution in [0.5, 0.6) is 0 Å². The van der Waals surface area contributed by atoms with Crippen molar-refractivity contribution in [2.75, 3.05) is 0 Å². The molecule has 2 heterocycles. The average Bonchev–Trinajstić information content (AvgIpc) is 3.47. The Morgan fingerprint density at radius 3 is 1.44 bits per heavy atom. The molecule has 5 aromatic rings. The Morgan fingerprint density at radius 2 is 1.00 bits per heavy atom. The topological polar surface area (TPSA) is 57.6 Å². The number of nitrogens with zero attached hydrogens (tertiary/aromatic N) is 2. The minimum Gasteiger partial charge on any atom is -0.317 e. The van der Waals surface area contributed by atoms with E-state index in [0.717, 1.165) is 61.3 Å². The SMILES string of the molecule is N=c1scc(-c2cccc(-c3csc(=N)n3CCCc3ccccc3)c2)n1CCCc1ccccc1. The summed E-state index contributed by atoms with van der Waals surface area (Å²) in [5.41, 5.74) is 7.10. The van der Waals surface area contributed by atoms with Crippen molar-refractivity contribution in [2.45, 2.75) is 38.8 Å². The zero-order chi connectivity index (χ0) is 24.7. The average molecular weight is 511 g/mol. The lowest BCUT2D eigenvalue weighted by Crippen LogP contribution is -2.15. The third-order valence-electron chi connectivity index (χ3n) is 6.47. The summed E-state index contributed by atoms with van der Waals surface area (Å²) in [4.78, 5) is 1.17. The summed E-state index contributed by atoms with van der Waals surface area (Å²) in [6.45, 7) is 1.65. The number of aryl methyl sites for hydroxylation is 2. The van der Waals surface area contributed by atoms with Gasteiger partial charge in [0.25, 0.3) is 0 Å². The minimum atomic E-state index is 0.586. The molecule has 2 aromatic heterocycles. The van der Waals surface area contributed by atoms with Crippen molar-refractivity contribution < 1.29 is 0 Å².